The second-order valence-electron chi connectivity index (χ2n) is 9.14. The fourth-order valence-electron chi connectivity index (χ4n) is 4.02. The van der Waals surface area contributed by atoms with Crippen LogP contribution in [0.1, 0.15) is 143 Å². The predicted octanol–water partition coefficient (Wildman–Crippen LogP) is 9.32. The van der Waals surface area contributed by atoms with E-state index in [1.807, 2.05) is 20.1 Å². The summed E-state index contributed by atoms with van der Waals surface area (Å²) in [6.07, 6.45) is 28.7. The van der Waals surface area contributed by atoms with Gasteiger partial charge in [-0.2, -0.15) is 0 Å². The zero-order chi connectivity index (χ0) is 24.1. The Morgan fingerprint density at radius 1 is 0.576 bits per heavy atom. The van der Waals surface area contributed by atoms with Crippen molar-refractivity contribution in [3.8, 4) is 0 Å². The Morgan fingerprint density at radius 2 is 1.09 bits per heavy atom. The summed E-state index contributed by atoms with van der Waals surface area (Å²) in [5, 5.41) is 0. The van der Waals surface area contributed by atoms with Crippen molar-refractivity contribution in [2.45, 2.75) is 149 Å². The van der Waals surface area contributed by atoms with E-state index in [0.717, 1.165) is 39.1 Å². The van der Waals surface area contributed by atoms with Gasteiger partial charge in [0.1, 0.15) is 0 Å². The van der Waals surface area contributed by atoms with E-state index in [1.165, 1.54) is 103 Å². The molecule has 0 N–H and O–H groups in total. The Labute approximate surface area is 207 Å². The Balaban J connectivity index is 3.18. The molecule has 0 fully saturated rings. The van der Waals surface area contributed by atoms with E-state index >= 15 is 0 Å². The Bertz CT molecular complexity index is 367. The molecule has 0 aromatic rings. The second-order valence-corrected chi connectivity index (χ2v) is 9.14. The highest BCUT2D eigenvalue weighted by Crippen LogP contribution is 2.14. The van der Waals surface area contributed by atoms with Crippen molar-refractivity contribution < 1.29 is 18.9 Å². The fourth-order valence-corrected chi connectivity index (χ4v) is 4.02. The molecular weight excluding hydrogens is 412 g/mol. The molecule has 4 heteroatoms. The third kappa shape index (κ3) is 27.5. The molecule has 0 atom stereocenters. The molecule has 0 radical (unpaired) electrons. The first-order valence-corrected chi connectivity index (χ1v) is 14.4. The monoisotopic (exact) mass is 470 g/mol. The first-order chi connectivity index (χ1) is 16.3. The van der Waals surface area contributed by atoms with E-state index in [-0.39, 0.29) is 6.29 Å². The lowest BCUT2D eigenvalue weighted by Crippen LogP contribution is -2.17. The maximum Gasteiger partial charge on any atom is 0.188 e. The number of ether oxygens (including phenoxy) is 4. The highest BCUT2D eigenvalue weighted by atomic mass is 16.7. The first-order valence-electron chi connectivity index (χ1n) is 14.4. The topological polar surface area (TPSA) is 36.9 Å². The van der Waals surface area contributed by atoms with Crippen LogP contribution in [0.5, 0.6) is 0 Å². The molecule has 0 aromatic heterocycles. The average molecular weight is 471 g/mol. The summed E-state index contributed by atoms with van der Waals surface area (Å²) < 4.78 is 22.1. The molecule has 0 heterocycles. The predicted molar refractivity (Wildman–Crippen MR) is 141 cm³/mol. The van der Waals surface area contributed by atoms with Gasteiger partial charge in [-0.15, -0.1) is 0 Å². The maximum atomic E-state index is 5.59. The molecule has 0 spiro atoms. The SMILES string of the molecule is CCCCCCCCCCOCOC=CCCCCCCCCCCCC(OCC)OCC. The van der Waals surface area contributed by atoms with Crippen molar-refractivity contribution in [2.24, 2.45) is 0 Å². The summed E-state index contributed by atoms with van der Waals surface area (Å²) in [5.41, 5.74) is 0. The van der Waals surface area contributed by atoms with Gasteiger partial charge in [0.2, 0.25) is 0 Å². The van der Waals surface area contributed by atoms with Gasteiger partial charge in [0.05, 0.1) is 12.9 Å². The number of rotatable bonds is 28. The van der Waals surface area contributed by atoms with Crippen molar-refractivity contribution in [1.82, 2.24) is 0 Å². The quantitative estimate of drug-likeness (QED) is 0.0648. The van der Waals surface area contributed by atoms with Gasteiger partial charge >= 0.3 is 0 Å². The van der Waals surface area contributed by atoms with E-state index in [9.17, 15) is 0 Å². The smallest absolute Gasteiger partial charge is 0.188 e. The van der Waals surface area contributed by atoms with Crippen molar-refractivity contribution in [2.75, 3.05) is 26.6 Å². The molecule has 0 amide bonds. The van der Waals surface area contributed by atoms with Crippen molar-refractivity contribution in [3.63, 3.8) is 0 Å². The lowest BCUT2D eigenvalue weighted by atomic mass is 10.1. The van der Waals surface area contributed by atoms with Crippen LogP contribution in [0.4, 0.5) is 0 Å². The van der Waals surface area contributed by atoms with Crippen molar-refractivity contribution >= 4 is 0 Å². The van der Waals surface area contributed by atoms with E-state index < -0.39 is 0 Å². The summed E-state index contributed by atoms with van der Waals surface area (Å²) in [6, 6.07) is 0. The normalized spacial score (nSPS) is 11.8. The van der Waals surface area contributed by atoms with Gasteiger partial charge in [0.15, 0.2) is 13.1 Å². The third-order valence-electron chi connectivity index (χ3n) is 6.00. The molecule has 0 aromatic carbocycles. The van der Waals surface area contributed by atoms with Crippen molar-refractivity contribution in [1.29, 1.82) is 0 Å². The Morgan fingerprint density at radius 3 is 1.67 bits per heavy atom. The molecule has 0 aliphatic rings. The minimum atomic E-state index is 0.00620. The lowest BCUT2D eigenvalue weighted by molar-refractivity contribution is -0.140. The van der Waals surface area contributed by atoms with Gasteiger partial charge in [0.25, 0.3) is 0 Å². The molecule has 33 heavy (non-hydrogen) atoms. The molecule has 0 saturated heterocycles. The van der Waals surface area contributed by atoms with Gasteiger partial charge in [-0.25, -0.2) is 0 Å². The van der Waals surface area contributed by atoms with Crippen LogP contribution in [0.2, 0.25) is 0 Å². The molecular formula is C29H58O4. The second kappa shape index (κ2) is 29.5. The molecule has 198 valence electrons. The fraction of sp³-hybridized carbons (Fsp3) is 0.931. The lowest BCUT2D eigenvalue weighted by Gasteiger charge is -2.16. The van der Waals surface area contributed by atoms with Gasteiger partial charge in [-0.3, -0.25) is 0 Å². The van der Waals surface area contributed by atoms with Crippen LogP contribution in [-0.4, -0.2) is 32.9 Å². The molecule has 0 bridgehead atoms. The van der Waals surface area contributed by atoms with Gasteiger partial charge < -0.3 is 18.9 Å². The van der Waals surface area contributed by atoms with Crippen LogP contribution in [0.15, 0.2) is 12.3 Å². The van der Waals surface area contributed by atoms with Crippen LogP contribution in [0, 0.1) is 0 Å². The van der Waals surface area contributed by atoms with Crippen LogP contribution in [-0.2, 0) is 18.9 Å². The molecule has 0 saturated carbocycles. The summed E-state index contributed by atoms with van der Waals surface area (Å²) in [6.45, 7) is 9.03. The highest BCUT2D eigenvalue weighted by molar-refractivity contribution is 4.72. The molecule has 4 nitrogen and oxygen atoms in total. The van der Waals surface area contributed by atoms with Gasteiger partial charge in [-0.1, -0.05) is 96.8 Å². The van der Waals surface area contributed by atoms with Gasteiger partial charge in [-0.05, 0) is 52.0 Å². The average Bonchev–Trinajstić information content (AvgIpc) is 2.82. The Kier molecular flexibility index (Phi) is 28.9. The van der Waals surface area contributed by atoms with Crippen LogP contribution >= 0.6 is 0 Å². The molecule has 0 aliphatic heterocycles. The Hall–Kier alpha value is -0.580. The van der Waals surface area contributed by atoms with Crippen LogP contribution in [0.3, 0.4) is 0 Å². The van der Waals surface area contributed by atoms with Crippen LogP contribution < -0.4 is 0 Å². The summed E-state index contributed by atoms with van der Waals surface area (Å²) in [7, 11) is 0. The minimum absolute atomic E-state index is 0.00620. The number of hydrogen-bond donors (Lipinski definition) is 0. The van der Waals surface area contributed by atoms with Crippen molar-refractivity contribution in [3.05, 3.63) is 12.3 Å². The number of hydrogen-bond acceptors (Lipinski definition) is 4. The van der Waals surface area contributed by atoms with E-state index in [1.54, 1.807) is 0 Å². The largest absolute Gasteiger partial charge is 0.475 e. The molecule has 0 unspecified atom stereocenters. The van der Waals surface area contributed by atoms with E-state index in [4.69, 9.17) is 18.9 Å². The van der Waals surface area contributed by atoms with E-state index in [0.29, 0.717) is 6.79 Å². The third-order valence-corrected chi connectivity index (χ3v) is 6.00. The summed E-state index contributed by atoms with van der Waals surface area (Å²) in [4.78, 5) is 0. The zero-order valence-corrected chi connectivity index (χ0v) is 22.6. The molecule has 0 aliphatic carbocycles. The summed E-state index contributed by atoms with van der Waals surface area (Å²) >= 11 is 0. The maximum absolute atomic E-state index is 5.59. The standard InChI is InChI=1S/C29H58O4/c1-4-7-8-9-10-17-20-23-26-30-28-31-27-24-21-18-15-13-11-12-14-16-19-22-25-29(32-5-2)33-6-3/h24,27,29H,4-23,25-26,28H2,1-3H3. The zero-order valence-electron chi connectivity index (χ0n) is 22.6. The first kappa shape index (κ1) is 32.4. The molecule has 0 rings (SSSR count). The number of unbranched alkanes of at least 4 members (excludes halogenated alkanes) is 16. The van der Waals surface area contributed by atoms with Crippen LogP contribution in [0.25, 0.3) is 0 Å². The number of allylic oxidation sites excluding steroid dienone is 1. The van der Waals surface area contributed by atoms with Gasteiger partial charge in [0, 0.05) is 13.2 Å². The van der Waals surface area contributed by atoms with E-state index in [2.05, 4.69) is 13.0 Å². The summed E-state index contributed by atoms with van der Waals surface area (Å²) in [5.74, 6) is 0. The highest BCUT2D eigenvalue weighted by Gasteiger charge is 2.06. The minimum Gasteiger partial charge on any atom is -0.475 e.